The zero-order valence-corrected chi connectivity index (χ0v) is 10.5. The number of morpholine rings is 1. The zero-order chi connectivity index (χ0) is 11.5. The summed E-state index contributed by atoms with van der Waals surface area (Å²) in [5.74, 6) is 0.0122. The van der Waals surface area contributed by atoms with Crippen LogP contribution in [0.15, 0.2) is 12.1 Å². The van der Waals surface area contributed by atoms with Gasteiger partial charge in [-0.3, -0.25) is 4.79 Å². The predicted molar refractivity (Wildman–Crippen MR) is 65.3 cm³/mol. The smallest absolute Gasteiger partial charge is 0.246 e. The highest BCUT2D eigenvalue weighted by Crippen LogP contribution is 2.29. The summed E-state index contributed by atoms with van der Waals surface area (Å²) >= 11 is 7.23. The van der Waals surface area contributed by atoms with Crippen LogP contribution in [0, 0.1) is 0 Å². The molecule has 1 fully saturated rings. The Morgan fingerprint density at radius 2 is 2.50 bits per heavy atom. The van der Waals surface area contributed by atoms with E-state index in [-0.39, 0.29) is 11.9 Å². The predicted octanol–water partition coefficient (Wildman–Crippen LogP) is 1.35. The number of anilines is 1. The fraction of sp³-hybridized carbons (Fsp3) is 0.500. The van der Waals surface area contributed by atoms with Crippen LogP contribution in [-0.4, -0.2) is 38.8 Å². The van der Waals surface area contributed by atoms with Crippen LogP contribution in [0.2, 0.25) is 4.34 Å². The maximum Gasteiger partial charge on any atom is 0.246 e. The number of halogens is 1. The fourth-order valence-corrected chi connectivity index (χ4v) is 2.55. The van der Waals surface area contributed by atoms with Gasteiger partial charge in [0, 0.05) is 13.6 Å². The van der Waals surface area contributed by atoms with E-state index in [4.69, 9.17) is 16.3 Å². The molecule has 0 aromatic carbocycles. The van der Waals surface area contributed by atoms with Gasteiger partial charge in [-0.2, -0.15) is 0 Å². The van der Waals surface area contributed by atoms with Gasteiger partial charge in [0.15, 0.2) is 0 Å². The molecule has 0 spiro atoms. The second-order valence-electron chi connectivity index (χ2n) is 3.56. The van der Waals surface area contributed by atoms with Gasteiger partial charge in [-0.05, 0) is 12.1 Å². The van der Waals surface area contributed by atoms with Crippen LogP contribution in [0.25, 0.3) is 0 Å². The van der Waals surface area contributed by atoms with E-state index in [1.807, 2.05) is 6.07 Å². The average Bonchev–Trinajstić information content (AvgIpc) is 2.75. The second kappa shape index (κ2) is 5.14. The van der Waals surface area contributed by atoms with E-state index in [9.17, 15) is 4.79 Å². The molecule has 0 aliphatic carbocycles. The normalized spacial score (nSPS) is 20.8. The number of nitrogens with zero attached hydrogens (tertiary/aromatic N) is 1. The maximum atomic E-state index is 12.1. The van der Waals surface area contributed by atoms with Gasteiger partial charge >= 0.3 is 0 Å². The fourth-order valence-electron chi connectivity index (χ4n) is 1.55. The van der Waals surface area contributed by atoms with Crippen LogP contribution in [0.5, 0.6) is 0 Å². The van der Waals surface area contributed by atoms with Gasteiger partial charge in [0.2, 0.25) is 5.91 Å². The van der Waals surface area contributed by atoms with Crippen molar-refractivity contribution >= 4 is 33.8 Å². The lowest BCUT2D eigenvalue weighted by atomic mass is 10.2. The summed E-state index contributed by atoms with van der Waals surface area (Å²) in [6.07, 6.45) is 0. The molecule has 1 aliphatic rings. The molecule has 16 heavy (non-hydrogen) atoms. The third kappa shape index (κ3) is 2.55. The van der Waals surface area contributed by atoms with Crippen LogP contribution in [0.1, 0.15) is 0 Å². The van der Waals surface area contributed by atoms with Crippen molar-refractivity contribution in [2.24, 2.45) is 0 Å². The van der Waals surface area contributed by atoms with E-state index in [1.54, 1.807) is 18.0 Å². The molecule has 6 heteroatoms. The van der Waals surface area contributed by atoms with Crippen molar-refractivity contribution in [3.63, 3.8) is 0 Å². The minimum absolute atomic E-state index is 0.0122. The van der Waals surface area contributed by atoms with Crippen molar-refractivity contribution in [2.45, 2.75) is 6.04 Å². The van der Waals surface area contributed by atoms with E-state index >= 15 is 0 Å². The van der Waals surface area contributed by atoms with Crippen molar-refractivity contribution in [1.29, 1.82) is 0 Å². The molecule has 88 valence electrons. The highest BCUT2D eigenvalue weighted by molar-refractivity contribution is 7.20. The molecule has 1 aromatic heterocycles. The molecular weight excluding hydrogens is 248 g/mol. The van der Waals surface area contributed by atoms with Crippen LogP contribution in [0.3, 0.4) is 0 Å². The van der Waals surface area contributed by atoms with E-state index < -0.39 is 0 Å². The minimum Gasteiger partial charge on any atom is -0.378 e. The number of carbonyl (C=O) groups is 1. The molecule has 0 saturated carbocycles. The van der Waals surface area contributed by atoms with Crippen molar-refractivity contribution in [3.8, 4) is 0 Å². The lowest BCUT2D eigenvalue weighted by Gasteiger charge is -2.26. The van der Waals surface area contributed by atoms with Crippen molar-refractivity contribution < 1.29 is 9.53 Å². The number of hydrogen-bond acceptors (Lipinski definition) is 4. The Labute approximate surface area is 103 Å². The number of amides is 1. The van der Waals surface area contributed by atoms with Crippen LogP contribution in [-0.2, 0) is 9.53 Å². The zero-order valence-electron chi connectivity index (χ0n) is 8.90. The van der Waals surface area contributed by atoms with Gasteiger partial charge in [0.05, 0.1) is 22.6 Å². The van der Waals surface area contributed by atoms with E-state index in [0.717, 1.165) is 11.5 Å². The number of likely N-dealkylation sites (N-methyl/N-ethyl adjacent to an activating group) is 1. The Morgan fingerprint density at radius 3 is 3.06 bits per heavy atom. The Bertz CT molecular complexity index is 377. The van der Waals surface area contributed by atoms with Gasteiger partial charge in [-0.1, -0.05) is 11.6 Å². The van der Waals surface area contributed by atoms with Crippen molar-refractivity contribution in [2.75, 3.05) is 31.7 Å². The third-order valence-electron chi connectivity index (χ3n) is 2.44. The summed E-state index contributed by atoms with van der Waals surface area (Å²) in [4.78, 5) is 13.7. The van der Waals surface area contributed by atoms with Gasteiger partial charge < -0.3 is 15.0 Å². The van der Waals surface area contributed by atoms with Crippen LogP contribution >= 0.6 is 22.9 Å². The number of hydrogen-bond donors (Lipinski definition) is 1. The second-order valence-corrected chi connectivity index (χ2v) is 5.25. The topological polar surface area (TPSA) is 41.6 Å². The quantitative estimate of drug-likeness (QED) is 0.873. The summed E-state index contributed by atoms with van der Waals surface area (Å²) in [7, 11) is 1.75. The summed E-state index contributed by atoms with van der Waals surface area (Å²) in [5, 5.41) is 3.98. The highest BCUT2D eigenvalue weighted by Gasteiger charge is 2.25. The standard InChI is InChI=1S/C10H13ClN2O2S/c1-13(9-3-2-8(11)16-9)10(14)7-6-15-5-4-12-7/h2-3,7,12H,4-6H2,1H3. The SMILES string of the molecule is CN(C(=O)C1COCCN1)c1ccc(Cl)s1. The number of thiophene rings is 1. The number of rotatable bonds is 2. The minimum atomic E-state index is -0.250. The first kappa shape index (κ1) is 11.9. The number of ether oxygens (including phenoxy) is 1. The van der Waals surface area contributed by atoms with Gasteiger partial charge in [-0.15, -0.1) is 11.3 Å². The molecular formula is C10H13ClN2O2S. The lowest BCUT2D eigenvalue weighted by Crippen LogP contribution is -2.51. The molecule has 1 N–H and O–H groups in total. The summed E-state index contributed by atoms with van der Waals surface area (Å²) in [6, 6.07) is 3.38. The Hall–Kier alpha value is -0.620. The molecule has 1 unspecified atom stereocenters. The summed E-state index contributed by atoms with van der Waals surface area (Å²) in [5.41, 5.74) is 0. The molecule has 1 saturated heterocycles. The summed E-state index contributed by atoms with van der Waals surface area (Å²) in [6.45, 7) is 1.82. The van der Waals surface area contributed by atoms with Crippen molar-refractivity contribution in [1.82, 2.24) is 5.32 Å². The molecule has 1 aromatic rings. The first-order chi connectivity index (χ1) is 7.68. The number of carbonyl (C=O) groups excluding carboxylic acids is 1. The Morgan fingerprint density at radius 1 is 1.69 bits per heavy atom. The lowest BCUT2D eigenvalue weighted by molar-refractivity contribution is -0.123. The van der Waals surface area contributed by atoms with E-state index in [1.165, 1.54) is 11.3 Å². The monoisotopic (exact) mass is 260 g/mol. The summed E-state index contributed by atoms with van der Waals surface area (Å²) < 4.78 is 5.94. The van der Waals surface area contributed by atoms with Gasteiger partial charge in [0.25, 0.3) is 0 Å². The third-order valence-corrected chi connectivity index (χ3v) is 3.75. The number of nitrogens with one attached hydrogen (secondary N) is 1. The maximum absolute atomic E-state index is 12.1. The van der Waals surface area contributed by atoms with Gasteiger partial charge in [-0.25, -0.2) is 0 Å². The van der Waals surface area contributed by atoms with E-state index in [0.29, 0.717) is 17.6 Å². The van der Waals surface area contributed by atoms with Crippen LogP contribution < -0.4 is 10.2 Å². The average molecular weight is 261 g/mol. The van der Waals surface area contributed by atoms with Gasteiger partial charge in [0.1, 0.15) is 6.04 Å². The molecule has 0 bridgehead atoms. The Balaban J connectivity index is 2.03. The first-order valence-corrected chi connectivity index (χ1v) is 6.22. The molecule has 0 radical (unpaired) electrons. The molecule has 1 atom stereocenters. The highest BCUT2D eigenvalue weighted by atomic mass is 35.5. The van der Waals surface area contributed by atoms with E-state index in [2.05, 4.69) is 5.32 Å². The molecule has 1 aliphatic heterocycles. The molecule has 4 nitrogen and oxygen atoms in total. The molecule has 1 amide bonds. The Kier molecular flexibility index (Phi) is 3.81. The first-order valence-electron chi connectivity index (χ1n) is 5.02. The van der Waals surface area contributed by atoms with Crippen molar-refractivity contribution in [3.05, 3.63) is 16.5 Å². The molecule has 2 heterocycles. The molecule has 2 rings (SSSR count). The largest absolute Gasteiger partial charge is 0.378 e. The van der Waals surface area contributed by atoms with Crippen LogP contribution in [0.4, 0.5) is 5.00 Å².